The molecule has 2 heterocycles. The number of carbonyl (C=O) groups excluding carboxylic acids is 1. The summed E-state index contributed by atoms with van der Waals surface area (Å²) in [7, 11) is 0. The molecule has 3 aromatic rings. The van der Waals surface area contributed by atoms with Gasteiger partial charge in [0.05, 0.1) is 10.5 Å². The van der Waals surface area contributed by atoms with Gasteiger partial charge in [-0.05, 0) is 29.7 Å². The molecule has 0 unspecified atom stereocenters. The van der Waals surface area contributed by atoms with Crippen LogP contribution in [0.25, 0.3) is 22.6 Å². The summed E-state index contributed by atoms with van der Waals surface area (Å²) in [5, 5.41) is 1.86. The number of fused-ring (bicyclic) bond motifs is 1. The van der Waals surface area contributed by atoms with Crippen molar-refractivity contribution >= 4 is 40.1 Å². The van der Waals surface area contributed by atoms with Gasteiger partial charge in [-0.25, -0.2) is 0 Å². The van der Waals surface area contributed by atoms with Gasteiger partial charge in [-0.15, -0.1) is 0 Å². The number of benzene rings is 2. The molecule has 0 spiro atoms. The number of para-hydroxylation sites is 1. The zero-order chi connectivity index (χ0) is 17.9. The number of H-pyrrole nitrogens is 1. The molecule has 1 aromatic heterocycles. The maximum atomic E-state index is 12.4. The Kier molecular flexibility index (Phi) is 4.63. The minimum atomic E-state index is 0.0473. The Morgan fingerprint density at radius 1 is 1.12 bits per heavy atom. The van der Waals surface area contributed by atoms with Crippen molar-refractivity contribution in [3.05, 3.63) is 83.0 Å². The van der Waals surface area contributed by atoms with Gasteiger partial charge in [-0.1, -0.05) is 60.1 Å². The zero-order valence-electron chi connectivity index (χ0n) is 14.3. The highest BCUT2D eigenvalue weighted by atomic mass is 35.5. The lowest BCUT2D eigenvalue weighted by molar-refractivity contribution is -0.125. The van der Waals surface area contributed by atoms with Crippen LogP contribution in [0.3, 0.4) is 0 Å². The van der Waals surface area contributed by atoms with Crippen molar-refractivity contribution in [1.29, 1.82) is 0 Å². The van der Waals surface area contributed by atoms with Crippen LogP contribution >= 0.6 is 11.6 Å². The van der Waals surface area contributed by atoms with Crippen molar-refractivity contribution < 1.29 is 4.79 Å². The van der Waals surface area contributed by atoms with Crippen molar-refractivity contribution in [2.75, 3.05) is 13.1 Å². The Morgan fingerprint density at radius 3 is 2.73 bits per heavy atom. The van der Waals surface area contributed by atoms with Crippen molar-refractivity contribution in [2.45, 2.75) is 6.42 Å². The summed E-state index contributed by atoms with van der Waals surface area (Å²) in [4.78, 5) is 17.5. The molecule has 0 bridgehead atoms. The lowest BCUT2D eigenvalue weighted by Crippen LogP contribution is -2.33. The van der Waals surface area contributed by atoms with E-state index in [9.17, 15) is 4.79 Å². The van der Waals surface area contributed by atoms with Crippen LogP contribution in [0.5, 0.6) is 0 Å². The van der Waals surface area contributed by atoms with Crippen molar-refractivity contribution in [3.8, 4) is 0 Å². The van der Waals surface area contributed by atoms with E-state index in [2.05, 4.69) is 17.1 Å². The van der Waals surface area contributed by atoms with E-state index < -0.39 is 0 Å². The minimum Gasteiger partial charge on any atom is -0.359 e. The first kappa shape index (κ1) is 16.7. The van der Waals surface area contributed by atoms with Gasteiger partial charge in [0, 0.05) is 36.3 Å². The number of hydrogen-bond acceptors (Lipinski definition) is 1. The molecule has 0 saturated carbocycles. The van der Waals surface area contributed by atoms with E-state index in [-0.39, 0.29) is 5.91 Å². The Balaban J connectivity index is 1.48. The number of hydrogen-bond donors (Lipinski definition) is 1. The number of nitrogens with zero attached hydrogens (tertiary/aromatic N) is 1. The molecule has 4 rings (SSSR count). The Hall–Kier alpha value is -2.78. The second-order valence-electron chi connectivity index (χ2n) is 6.37. The first-order valence-electron chi connectivity index (χ1n) is 8.69. The Labute approximate surface area is 157 Å². The standard InChI is InChI=1S/C22H19ClN2O/c23-20-8-4-7-18-19(15-24-22(18)20)17-11-13-25(14-12-17)21(26)10-9-16-5-2-1-3-6-16/h1-11,15,24H,12-14H2/b10-9+. The predicted molar refractivity (Wildman–Crippen MR) is 108 cm³/mol. The van der Waals surface area contributed by atoms with E-state index in [1.807, 2.05) is 59.6 Å². The topological polar surface area (TPSA) is 36.1 Å². The summed E-state index contributed by atoms with van der Waals surface area (Å²) < 4.78 is 0. The Morgan fingerprint density at radius 2 is 1.96 bits per heavy atom. The summed E-state index contributed by atoms with van der Waals surface area (Å²) in [6.07, 6.45) is 8.50. The summed E-state index contributed by atoms with van der Waals surface area (Å²) in [5.41, 5.74) is 4.43. The number of nitrogens with one attached hydrogen (secondary N) is 1. The average molecular weight is 363 g/mol. The molecule has 2 aromatic carbocycles. The molecule has 4 heteroatoms. The number of amides is 1. The third-order valence-electron chi connectivity index (χ3n) is 4.75. The third-order valence-corrected chi connectivity index (χ3v) is 5.06. The molecule has 1 N–H and O–H groups in total. The molecule has 0 aliphatic carbocycles. The largest absolute Gasteiger partial charge is 0.359 e. The molecule has 1 amide bonds. The summed E-state index contributed by atoms with van der Waals surface area (Å²) in [6.45, 7) is 1.34. The van der Waals surface area contributed by atoms with Crippen LogP contribution in [-0.2, 0) is 4.79 Å². The van der Waals surface area contributed by atoms with Crippen molar-refractivity contribution in [1.82, 2.24) is 9.88 Å². The molecule has 0 atom stereocenters. The molecule has 0 fully saturated rings. The van der Waals surface area contributed by atoms with E-state index >= 15 is 0 Å². The van der Waals surface area contributed by atoms with Crippen LogP contribution in [0.15, 0.2) is 66.9 Å². The molecule has 0 radical (unpaired) electrons. The van der Waals surface area contributed by atoms with Gasteiger partial charge in [0.15, 0.2) is 0 Å². The maximum absolute atomic E-state index is 12.4. The fraction of sp³-hybridized carbons (Fsp3) is 0.136. The van der Waals surface area contributed by atoms with Crippen LogP contribution in [-0.4, -0.2) is 28.9 Å². The van der Waals surface area contributed by atoms with Gasteiger partial charge in [-0.3, -0.25) is 4.79 Å². The number of aromatic nitrogens is 1. The van der Waals surface area contributed by atoms with Gasteiger partial charge in [0.1, 0.15) is 0 Å². The average Bonchev–Trinajstić information content (AvgIpc) is 3.12. The lowest BCUT2D eigenvalue weighted by Gasteiger charge is -2.25. The van der Waals surface area contributed by atoms with Gasteiger partial charge in [-0.2, -0.15) is 0 Å². The predicted octanol–water partition coefficient (Wildman–Crippen LogP) is 5.15. The molecule has 3 nitrogen and oxygen atoms in total. The Bertz CT molecular complexity index is 1000. The fourth-order valence-corrected chi connectivity index (χ4v) is 3.56. The minimum absolute atomic E-state index is 0.0473. The molecular weight excluding hydrogens is 344 g/mol. The quantitative estimate of drug-likeness (QED) is 0.642. The maximum Gasteiger partial charge on any atom is 0.246 e. The normalized spacial score (nSPS) is 14.8. The number of carbonyl (C=O) groups is 1. The molecule has 130 valence electrons. The van der Waals surface area contributed by atoms with Crippen LogP contribution in [0.1, 0.15) is 17.5 Å². The van der Waals surface area contributed by atoms with Crippen molar-refractivity contribution in [2.24, 2.45) is 0 Å². The highest BCUT2D eigenvalue weighted by Gasteiger charge is 2.18. The second kappa shape index (κ2) is 7.22. The van der Waals surface area contributed by atoms with Crippen LogP contribution < -0.4 is 0 Å². The third kappa shape index (κ3) is 3.31. The first-order valence-corrected chi connectivity index (χ1v) is 9.07. The number of aromatic amines is 1. The molecular formula is C22H19ClN2O. The van der Waals surface area contributed by atoms with Gasteiger partial charge < -0.3 is 9.88 Å². The molecule has 0 saturated heterocycles. The summed E-state index contributed by atoms with van der Waals surface area (Å²) in [5.74, 6) is 0.0473. The monoisotopic (exact) mass is 362 g/mol. The smallest absolute Gasteiger partial charge is 0.246 e. The number of halogens is 1. The van der Waals surface area contributed by atoms with E-state index in [1.165, 1.54) is 11.1 Å². The highest BCUT2D eigenvalue weighted by Crippen LogP contribution is 2.32. The van der Waals surface area contributed by atoms with Crippen LogP contribution in [0, 0.1) is 0 Å². The molecule has 1 aliphatic rings. The van der Waals surface area contributed by atoms with Gasteiger partial charge >= 0.3 is 0 Å². The van der Waals surface area contributed by atoms with Crippen LogP contribution in [0.4, 0.5) is 0 Å². The molecule has 1 aliphatic heterocycles. The van der Waals surface area contributed by atoms with E-state index in [0.29, 0.717) is 6.54 Å². The summed E-state index contributed by atoms with van der Waals surface area (Å²) >= 11 is 6.25. The SMILES string of the molecule is O=C(/C=C/c1ccccc1)N1CC=C(c2c[nH]c3c(Cl)cccc23)CC1. The fourth-order valence-electron chi connectivity index (χ4n) is 3.33. The second-order valence-corrected chi connectivity index (χ2v) is 6.78. The van der Waals surface area contributed by atoms with Crippen LogP contribution in [0.2, 0.25) is 5.02 Å². The summed E-state index contributed by atoms with van der Waals surface area (Å²) in [6, 6.07) is 15.8. The van der Waals surface area contributed by atoms with Gasteiger partial charge in [0.25, 0.3) is 0 Å². The van der Waals surface area contributed by atoms with E-state index in [4.69, 9.17) is 11.6 Å². The number of rotatable bonds is 3. The molecule has 26 heavy (non-hydrogen) atoms. The lowest BCUT2D eigenvalue weighted by atomic mass is 9.99. The van der Waals surface area contributed by atoms with Crippen molar-refractivity contribution in [3.63, 3.8) is 0 Å². The van der Waals surface area contributed by atoms with E-state index in [0.717, 1.165) is 34.5 Å². The highest BCUT2D eigenvalue weighted by molar-refractivity contribution is 6.35. The first-order chi connectivity index (χ1) is 12.7. The zero-order valence-corrected chi connectivity index (χ0v) is 15.0. The van der Waals surface area contributed by atoms with Gasteiger partial charge in [0.2, 0.25) is 5.91 Å². The van der Waals surface area contributed by atoms with E-state index in [1.54, 1.807) is 6.08 Å².